The van der Waals surface area contributed by atoms with Gasteiger partial charge in [0.15, 0.2) is 0 Å². The number of carbonyl (C=O) groups is 1. The number of rotatable bonds is 4. The second kappa shape index (κ2) is 7.70. The molecule has 0 bridgehead atoms. The third kappa shape index (κ3) is 3.90. The molecule has 1 aromatic rings. The molecule has 0 aromatic heterocycles. The van der Waals surface area contributed by atoms with E-state index in [9.17, 15) is 4.79 Å². The van der Waals surface area contributed by atoms with Crippen LogP contribution < -0.4 is 11.1 Å². The summed E-state index contributed by atoms with van der Waals surface area (Å²) in [6, 6.07) is 6.19. The molecule has 0 amide bonds. The van der Waals surface area contributed by atoms with Gasteiger partial charge in [-0.2, -0.15) is 0 Å². The highest BCUT2D eigenvalue weighted by molar-refractivity contribution is 5.78. The van der Waals surface area contributed by atoms with Crippen molar-refractivity contribution in [3.63, 3.8) is 0 Å². The van der Waals surface area contributed by atoms with Gasteiger partial charge in [0.05, 0.1) is 0 Å². The Hall–Kier alpha value is -1.55. The first kappa shape index (κ1) is 14.5. The predicted octanol–water partition coefficient (Wildman–Crippen LogP) is 2.23. The van der Waals surface area contributed by atoms with Gasteiger partial charge in [0, 0.05) is 17.8 Å². The maximum Gasteiger partial charge on any atom is 0.325 e. The van der Waals surface area contributed by atoms with Crippen molar-refractivity contribution >= 4 is 11.7 Å². The molecule has 0 radical (unpaired) electrons. The van der Waals surface area contributed by atoms with Gasteiger partial charge in [-0.3, -0.25) is 4.79 Å². The van der Waals surface area contributed by atoms with Crippen molar-refractivity contribution in [2.24, 2.45) is 5.73 Å². The molecule has 4 heteroatoms. The van der Waals surface area contributed by atoms with Crippen LogP contribution in [-0.4, -0.2) is 17.6 Å². The van der Waals surface area contributed by atoms with E-state index in [1.54, 1.807) is 12.1 Å². The molecular formula is C12H20N2O2. The van der Waals surface area contributed by atoms with E-state index in [4.69, 9.17) is 10.8 Å². The molecule has 4 nitrogen and oxygen atoms in total. The minimum atomic E-state index is -1.02. The van der Waals surface area contributed by atoms with Crippen LogP contribution in [0.4, 0.5) is 5.69 Å². The molecule has 4 N–H and O–H groups in total. The van der Waals surface area contributed by atoms with Crippen LogP contribution >= 0.6 is 0 Å². The zero-order valence-corrected chi connectivity index (χ0v) is 10.0. The van der Waals surface area contributed by atoms with E-state index in [-0.39, 0.29) is 0 Å². The van der Waals surface area contributed by atoms with E-state index in [1.165, 1.54) is 0 Å². The predicted molar refractivity (Wildman–Crippen MR) is 66.5 cm³/mol. The quantitative estimate of drug-likeness (QED) is 0.733. The van der Waals surface area contributed by atoms with E-state index in [0.717, 1.165) is 12.2 Å². The number of hydrogen-bond acceptors (Lipinski definition) is 3. The van der Waals surface area contributed by atoms with Gasteiger partial charge in [0.1, 0.15) is 6.04 Å². The first-order valence-corrected chi connectivity index (χ1v) is 5.48. The number of aliphatic carboxylic acids is 1. The van der Waals surface area contributed by atoms with Gasteiger partial charge >= 0.3 is 5.97 Å². The Bertz CT molecular complexity index is 327. The second-order valence-electron chi connectivity index (χ2n) is 2.93. The molecule has 0 heterocycles. The monoisotopic (exact) mass is 224 g/mol. The standard InChI is InChI=1S/C10H14N2O2.C2H6/c1-2-12-8-6-4-3-5-7(8)9(11)10(13)14;1-2/h3-6,9,12H,2,11H2,1H3,(H,13,14);1-2H3. The van der Waals surface area contributed by atoms with Crippen molar-refractivity contribution in [1.82, 2.24) is 0 Å². The number of carboxylic acid groups (broad SMARTS) is 1. The summed E-state index contributed by atoms with van der Waals surface area (Å²) in [6.07, 6.45) is 0. The minimum Gasteiger partial charge on any atom is -0.480 e. The fraction of sp³-hybridized carbons (Fsp3) is 0.417. The van der Waals surface area contributed by atoms with Crippen molar-refractivity contribution in [3.05, 3.63) is 29.8 Å². The summed E-state index contributed by atoms with van der Waals surface area (Å²) in [6.45, 7) is 6.69. The number of anilines is 1. The number of nitrogens with two attached hydrogens (primary N) is 1. The van der Waals surface area contributed by atoms with Gasteiger partial charge in [-0.05, 0) is 13.0 Å². The van der Waals surface area contributed by atoms with Crippen LogP contribution in [0.1, 0.15) is 32.4 Å². The molecule has 16 heavy (non-hydrogen) atoms. The molecule has 1 aromatic carbocycles. The third-order valence-electron chi connectivity index (χ3n) is 1.93. The first-order valence-electron chi connectivity index (χ1n) is 5.48. The van der Waals surface area contributed by atoms with Crippen molar-refractivity contribution in [1.29, 1.82) is 0 Å². The molecule has 0 spiro atoms. The Labute approximate surface area is 96.5 Å². The Morgan fingerprint density at radius 3 is 2.50 bits per heavy atom. The maximum atomic E-state index is 10.7. The van der Waals surface area contributed by atoms with Gasteiger partial charge in [0.2, 0.25) is 0 Å². The number of para-hydroxylation sites is 1. The number of benzene rings is 1. The summed E-state index contributed by atoms with van der Waals surface area (Å²) < 4.78 is 0. The smallest absolute Gasteiger partial charge is 0.325 e. The van der Waals surface area contributed by atoms with Crippen molar-refractivity contribution in [2.75, 3.05) is 11.9 Å². The summed E-state index contributed by atoms with van der Waals surface area (Å²) in [5, 5.41) is 11.8. The van der Waals surface area contributed by atoms with Crippen LogP contribution in [-0.2, 0) is 4.79 Å². The number of carboxylic acids is 1. The second-order valence-corrected chi connectivity index (χ2v) is 2.93. The lowest BCUT2D eigenvalue weighted by Crippen LogP contribution is -2.22. The zero-order valence-electron chi connectivity index (χ0n) is 10.0. The van der Waals surface area contributed by atoms with Crippen molar-refractivity contribution in [3.8, 4) is 0 Å². The molecule has 0 aliphatic carbocycles. The molecule has 1 atom stereocenters. The Morgan fingerprint density at radius 2 is 2.00 bits per heavy atom. The van der Waals surface area contributed by atoms with Gasteiger partial charge in [-0.15, -0.1) is 0 Å². The summed E-state index contributed by atoms with van der Waals surface area (Å²) in [5.74, 6) is -1.02. The van der Waals surface area contributed by atoms with E-state index >= 15 is 0 Å². The number of hydrogen-bond donors (Lipinski definition) is 3. The van der Waals surface area contributed by atoms with Crippen LogP contribution in [0.15, 0.2) is 24.3 Å². The van der Waals surface area contributed by atoms with Crippen LogP contribution in [0.2, 0.25) is 0 Å². The third-order valence-corrected chi connectivity index (χ3v) is 1.93. The SMILES string of the molecule is CC.CCNc1ccccc1C(N)C(=O)O. The minimum absolute atomic E-state index is 0.613. The molecule has 1 unspecified atom stereocenters. The lowest BCUT2D eigenvalue weighted by Gasteiger charge is -2.13. The molecule has 0 aliphatic rings. The Morgan fingerprint density at radius 1 is 1.44 bits per heavy atom. The van der Waals surface area contributed by atoms with Crippen LogP contribution in [0.5, 0.6) is 0 Å². The van der Waals surface area contributed by atoms with Crippen LogP contribution in [0.25, 0.3) is 0 Å². The molecule has 90 valence electrons. The maximum absolute atomic E-state index is 10.7. The summed E-state index contributed by atoms with van der Waals surface area (Å²) in [7, 11) is 0. The van der Waals surface area contributed by atoms with Crippen molar-refractivity contribution < 1.29 is 9.90 Å². The van der Waals surface area contributed by atoms with Gasteiger partial charge in [-0.1, -0.05) is 32.0 Å². The zero-order chi connectivity index (χ0) is 12.6. The summed E-state index contributed by atoms with van der Waals surface area (Å²) in [5.41, 5.74) is 6.92. The van der Waals surface area contributed by atoms with E-state index < -0.39 is 12.0 Å². The molecule has 0 saturated carbocycles. The summed E-state index contributed by atoms with van der Waals surface area (Å²) in [4.78, 5) is 10.7. The van der Waals surface area contributed by atoms with Crippen LogP contribution in [0, 0.1) is 0 Å². The lowest BCUT2D eigenvalue weighted by atomic mass is 10.1. The van der Waals surface area contributed by atoms with Crippen molar-refractivity contribution in [2.45, 2.75) is 26.8 Å². The van der Waals surface area contributed by atoms with Crippen LogP contribution in [0.3, 0.4) is 0 Å². The van der Waals surface area contributed by atoms with E-state index in [1.807, 2.05) is 32.9 Å². The molecular weight excluding hydrogens is 204 g/mol. The Kier molecular flexibility index (Phi) is 6.96. The van der Waals surface area contributed by atoms with Gasteiger partial charge < -0.3 is 16.2 Å². The highest BCUT2D eigenvalue weighted by Gasteiger charge is 2.16. The highest BCUT2D eigenvalue weighted by Crippen LogP contribution is 2.20. The topological polar surface area (TPSA) is 75.3 Å². The highest BCUT2D eigenvalue weighted by atomic mass is 16.4. The number of nitrogens with one attached hydrogen (secondary N) is 1. The largest absolute Gasteiger partial charge is 0.480 e. The van der Waals surface area contributed by atoms with Gasteiger partial charge in [-0.25, -0.2) is 0 Å². The normalized spacial score (nSPS) is 11.0. The molecule has 0 fully saturated rings. The van der Waals surface area contributed by atoms with E-state index in [0.29, 0.717) is 5.56 Å². The average molecular weight is 224 g/mol. The van der Waals surface area contributed by atoms with Gasteiger partial charge in [0.25, 0.3) is 0 Å². The Balaban J connectivity index is 0.00000106. The fourth-order valence-electron chi connectivity index (χ4n) is 1.25. The first-order chi connectivity index (χ1) is 7.66. The fourth-order valence-corrected chi connectivity index (χ4v) is 1.25. The molecule has 0 aliphatic heterocycles. The van der Waals surface area contributed by atoms with E-state index in [2.05, 4.69) is 5.32 Å². The average Bonchev–Trinajstić information content (AvgIpc) is 2.32. The molecule has 1 rings (SSSR count). The summed E-state index contributed by atoms with van der Waals surface area (Å²) >= 11 is 0. The molecule has 0 saturated heterocycles. The lowest BCUT2D eigenvalue weighted by molar-refractivity contribution is -0.138.